The predicted molar refractivity (Wildman–Crippen MR) is 62.8 cm³/mol. The van der Waals surface area contributed by atoms with E-state index in [9.17, 15) is 4.79 Å². The minimum absolute atomic E-state index is 0.419. The zero-order valence-corrected chi connectivity index (χ0v) is 9.98. The molecule has 1 N–H and O–H groups in total. The Hall–Kier alpha value is -2.04. The summed E-state index contributed by atoms with van der Waals surface area (Å²) in [7, 11) is 1.34. The molecule has 0 aliphatic rings. The van der Waals surface area contributed by atoms with Gasteiger partial charge < -0.3 is 9.47 Å². The Labute approximate surface area is 98.7 Å². The van der Waals surface area contributed by atoms with E-state index >= 15 is 0 Å². The third-order valence-corrected chi connectivity index (χ3v) is 2.49. The SMILES string of the molecule is COC(=O)C(C)(C)Oc1cccc2[nH]ncc12. The molecule has 17 heavy (non-hydrogen) atoms. The Bertz CT molecular complexity index is 545. The summed E-state index contributed by atoms with van der Waals surface area (Å²) >= 11 is 0. The number of aromatic amines is 1. The van der Waals surface area contributed by atoms with Crippen molar-refractivity contribution in [3.05, 3.63) is 24.4 Å². The van der Waals surface area contributed by atoms with Crippen molar-refractivity contribution < 1.29 is 14.3 Å². The van der Waals surface area contributed by atoms with Gasteiger partial charge in [-0.25, -0.2) is 4.79 Å². The molecule has 2 rings (SSSR count). The van der Waals surface area contributed by atoms with Crippen molar-refractivity contribution in [2.45, 2.75) is 19.4 Å². The maximum absolute atomic E-state index is 11.5. The van der Waals surface area contributed by atoms with E-state index in [0.29, 0.717) is 5.75 Å². The van der Waals surface area contributed by atoms with Gasteiger partial charge in [-0.15, -0.1) is 0 Å². The first kappa shape index (κ1) is 11.4. The van der Waals surface area contributed by atoms with Crippen LogP contribution < -0.4 is 4.74 Å². The minimum Gasteiger partial charge on any atom is -0.475 e. The fourth-order valence-corrected chi connectivity index (χ4v) is 1.59. The number of carbonyl (C=O) groups is 1. The van der Waals surface area contributed by atoms with Crippen LogP contribution in [0.25, 0.3) is 10.9 Å². The van der Waals surface area contributed by atoms with Crippen molar-refractivity contribution in [2.75, 3.05) is 7.11 Å². The zero-order chi connectivity index (χ0) is 12.5. The third kappa shape index (κ3) is 2.08. The summed E-state index contributed by atoms with van der Waals surface area (Å²) in [5.74, 6) is 0.185. The van der Waals surface area contributed by atoms with Gasteiger partial charge in [-0.2, -0.15) is 5.10 Å². The third-order valence-electron chi connectivity index (χ3n) is 2.49. The molecule has 0 amide bonds. The average molecular weight is 234 g/mol. The zero-order valence-electron chi connectivity index (χ0n) is 9.98. The van der Waals surface area contributed by atoms with Gasteiger partial charge in [0.2, 0.25) is 0 Å². The maximum atomic E-state index is 11.5. The number of carbonyl (C=O) groups excluding carboxylic acids is 1. The van der Waals surface area contributed by atoms with E-state index in [0.717, 1.165) is 10.9 Å². The van der Waals surface area contributed by atoms with Gasteiger partial charge in [0, 0.05) is 0 Å². The Morgan fingerprint density at radius 1 is 1.41 bits per heavy atom. The summed E-state index contributed by atoms with van der Waals surface area (Å²) in [6.07, 6.45) is 1.66. The molecular formula is C12H14N2O3. The molecular weight excluding hydrogens is 220 g/mol. The lowest BCUT2D eigenvalue weighted by Crippen LogP contribution is -2.39. The number of esters is 1. The number of hydrogen-bond donors (Lipinski definition) is 1. The summed E-state index contributed by atoms with van der Waals surface area (Å²) in [4.78, 5) is 11.5. The molecule has 0 atom stereocenters. The van der Waals surface area contributed by atoms with Crippen molar-refractivity contribution in [3.63, 3.8) is 0 Å². The predicted octanol–water partition coefficient (Wildman–Crippen LogP) is 1.89. The lowest BCUT2D eigenvalue weighted by molar-refractivity contribution is -0.155. The first-order valence-corrected chi connectivity index (χ1v) is 5.24. The molecule has 5 nitrogen and oxygen atoms in total. The van der Waals surface area contributed by atoms with Gasteiger partial charge >= 0.3 is 5.97 Å². The number of benzene rings is 1. The van der Waals surface area contributed by atoms with Gasteiger partial charge in [-0.1, -0.05) is 6.07 Å². The fourth-order valence-electron chi connectivity index (χ4n) is 1.59. The Kier molecular flexibility index (Phi) is 2.75. The summed E-state index contributed by atoms with van der Waals surface area (Å²) in [6, 6.07) is 5.52. The molecule has 2 aromatic rings. The van der Waals surface area contributed by atoms with Crippen LogP contribution in [-0.2, 0) is 9.53 Å². The molecule has 0 saturated heterocycles. The van der Waals surface area contributed by atoms with Gasteiger partial charge in [-0.05, 0) is 26.0 Å². The standard InChI is InChI=1S/C12H14N2O3/c1-12(2,11(15)16-3)17-10-6-4-5-9-8(10)7-13-14-9/h4-7H,1-3H3,(H,13,14). The summed E-state index contributed by atoms with van der Waals surface area (Å²) in [5, 5.41) is 7.62. The summed E-state index contributed by atoms with van der Waals surface area (Å²) in [5.41, 5.74) is -0.163. The first-order chi connectivity index (χ1) is 8.04. The van der Waals surface area contributed by atoms with Gasteiger partial charge in [0.15, 0.2) is 5.60 Å². The minimum atomic E-state index is -1.03. The maximum Gasteiger partial charge on any atom is 0.349 e. The number of nitrogens with zero attached hydrogens (tertiary/aromatic N) is 1. The second-order valence-corrected chi connectivity index (χ2v) is 4.19. The largest absolute Gasteiger partial charge is 0.475 e. The molecule has 0 aliphatic carbocycles. The monoisotopic (exact) mass is 234 g/mol. The van der Waals surface area contributed by atoms with Crippen molar-refractivity contribution >= 4 is 16.9 Å². The van der Waals surface area contributed by atoms with E-state index in [2.05, 4.69) is 10.2 Å². The highest BCUT2D eigenvalue weighted by atomic mass is 16.6. The van der Waals surface area contributed by atoms with E-state index in [1.54, 1.807) is 26.1 Å². The number of methoxy groups -OCH3 is 1. The van der Waals surface area contributed by atoms with Crippen LogP contribution in [0, 0.1) is 0 Å². The van der Waals surface area contributed by atoms with E-state index in [1.165, 1.54) is 7.11 Å². The Morgan fingerprint density at radius 2 is 2.18 bits per heavy atom. The first-order valence-electron chi connectivity index (χ1n) is 5.24. The molecule has 5 heteroatoms. The fraction of sp³-hybridized carbons (Fsp3) is 0.333. The molecule has 0 unspecified atom stereocenters. The molecule has 0 aliphatic heterocycles. The molecule has 90 valence electrons. The summed E-state index contributed by atoms with van der Waals surface area (Å²) in [6.45, 7) is 3.33. The lowest BCUT2D eigenvalue weighted by Gasteiger charge is -2.23. The van der Waals surface area contributed by atoms with Crippen LogP contribution in [0.5, 0.6) is 5.75 Å². The smallest absolute Gasteiger partial charge is 0.349 e. The van der Waals surface area contributed by atoms with Crippen LogP contribution in [0.3, 0.4) is 0 Å². The lowest BCUT2D eigenvalue weighted by atomic mass is 10.1. The second-order valence-electron chi connectivity index (χ2n) is 4.19. The molecule has 0 radical (unpaired) electrons. The average Bonchev–Trinajstić information content (AvgIpc) is 2.76. The molecule has 1 aromatic heterocycles. The van der Waals surface area contributed by atoms with Crippen LogP contribution in [0.15, 0.2) is 24.4 Å². The number of H-pyrrole nitrogens is 1. The van der Waals surface area contributed by atoms with Crippen LogP contribution in [0.2, 0.25) is 0 Å². The van der Waals surface area contributed by atoms with Gasteiger partial charge in [-0.3, -0.25) is 5.10 Å². The van der Waals surface area contributed by atoms with Crippen molar-refractivity contribution in [1.29, 1.82) is 0 Å². The number of aromatic nitrogens is 2. The van der Waals surface area contributed by atoms with Crippen LogP contribution in [0.1, 0.15) is 13.8 Å². The molecule has 1 aromatic carbocycles. The van der Waals surface area contributed by atoms with E-state index < -0.39 is 11.6 Å². The summed E-state index contributed by atoms with van der Waals surface area (Å²) < 4.78 is 10.4. The van der Waals surface area contributed by atoms with Gasteiger partial charge in [0.25, 0.3) is 0 Å². The normalized spacial score (nSPS) is 11.5. The molecule has 0 bridgehead atoms. The number of hydrogen-bond acceptors (Lipinski definition) is 4. The number of nitrogens with one attached hydrogen (secondary N) is 1. The van der Waals surface area contributed by atoms with E-state index in [4.69, 9.17) is 9.47 Å². The van der Waals surface area contributed by atoms with E-state index in [-0.39, 0.29) is 0 Å². The van der Waals surface area contributed by atoms with Gasteiger partial charge in [0.1, 0.15) is 5.75 Å². The quantitative estimate of drug-likeness (QED) is 0.824. The van der Waals surface area contributed by atoms with E-state index in [1.807, 2.05) is 12.1 Å². The number of rotatable bonds is 3. The molecule has 1 heterocycles. The Balaban J connectivity index is 2.35. The van der Waals surface area contributed by atoms with Crippen molar-refractivity contribution in [1.82, 2.24) is 10.2 Å². The van der Waals surface area contributed by atoms with Crippen molar-refractivity contribution in [3.8, 4) is 5.75 Å². The topological polar surface area (TPSA) is 64.2 Å². The number of fused-ring (bicyclic) bond motifs is 1. The number of ether oxygens (including phenoxy) is 2. The van der Waals surface area contributed by atoms with Crippen LogP contribution in [-0.4, -0.2) is 28.9 Å². The second kappa shape index (κ2) is 4.08. The van der Waals surface area contributed by atoms with Crippen LogP contribution in [0.4, 0.5) is 0 Å². The van der Waals surface area contributed by atoms with Crippen molar-refractivity contribution in [2.24, 2.45) is 0 Å². The molecule has 0 spiro atoms. The Morgan fingerprint density at radius 3 is 2.88 bits per heavy atom. The molecule has 0 saturated carbocycles. The highest BCUT2D eigenvalue weighted by Gasteiger charge is 2.31. The van der Waals surface area contributed by atoms with Crippen LogP contribution >= 0.6 is 0 Å². The highest BCUT2D eigenvalue weighted by molar-refractivity contribution is 5.85. The van der Waals surface area contributed by atoms with Gasteiger partial charge in [0.05, 0.1) is 24.2 Å². The highest BCUT2D eigenvalue weighted by Crippen LogP contribution is 2.27. The molecule has 0 fully saturated rings.